The minimum atomic E-state index is -1.74. The van der Waals surface area contributed by atoms with Crippen molar-refractivity contribution >= 4 is 11.9 Å². The molecule has 16 heteroatoms. The van der Waals surface area contributed by atoms with Crippen LogP contribution in [0.25, 0.3) is 0 Å². The maximum atomic E-state index is 14.6. The maximum absolute atomic E-state index is 14.6. The van der Waals surface area contributed by atoms with Crippen LogP contribution in [0.2, 0.25) is 0 Å². The third kappa shape index (κ3) is 6.29. The van der Waals surface area contributed by atoms with E-state index in [9.17, 15) is 60.7 Å². The number of carboxylic acid groups (broad SMARTS) is 1. The molecule has 16 nitrogen and oxygen atoms in total. The first kappa shape index (κ1) is 44.3. The Morgan fingerprint density at radius 3 is 1.90 bits per heavy atom. The second kappa shape index (κ2) is 15.2. The highest BCUT2D eigenvalue weighted by Gasteiger charge is 2.71. The van der Waals surface area contributed by atoms with Gasteiger partial charge in [0.2, 0.25) is 6.29 Å². The fourth-order valence-corrected chi connectivity index (χ4v) is 13.5. The highest BCUT2D eigenvalue weighted by molar-refractivity contribution is 5.79. The zero-order chi connectivity index (χ0) is 42.5. The standard InChI is InChI=1S/C42H66O16/c1-37(19-45)12-14-42(36(54)58-34-32(51)30(49)28(47)23(18-44)56-34)15-13-39(3)20(21(42)16-37)6-7-24-38(2)10-9-26(41(5,35(52)53)25(38)8-11-40(24,39)4)57-33-31(50)29(48)27(46)22(17-43)55-33/h6,21-34,43-51H,7-19H2,1-5H3,(H,52,53)/t21-,22+,23+,24+,25+,26-,27+,28+,29-,30-,31+,32+,33-,34-,37+,38+,39+,40+,41-,42-/m0/s1. The number of hydrogen-bond donors (Lipinski definition) is 10. The van der Waals surface area contributed by atoms with Crippen molar-refractivity contribution in [2.45, 2.75) is 166 Å². The second-order valence-corrected chi connectivity index (χ2v) is 20.2. The summed E-state index contributed by atoms with van der Waals surface area (Å²) in [5.41, 5.74) is -3.09. The maximum Gasteiger partial charge on any atom is 0.315 e. The van der Waals surface area contributed by atoms with Crippen molar-refractivity contribution in [2.24, 2.45) is 50.2 Å². The van der Waals surface area contributed by atoms with E-state index in [1.807, 2.05) is 6.92 Å². The molecule has 0 aromatic heterocycles. The molecule has 2 aliphatic heterocycles. The lowest BCUT2D eigenvalue weighted by Gasteiger charge is -2.71. The van der Waals surface area contributed by atoms with Crippen LogP contribution in [0.15, 0.2) is 11.6 Å². The van der Waals surface area contributed by atoms with Gasteiger partial charge in [-0.25, -0.2) is 0 Å². The SMILES string of the molecule is C[C@@]1(CO)CC[C@]2(C(=O)O[C@@H]3O[C@H](CO)[C@@H](O)[C@H](O)[C@H]3O)CC[C@]3(C)C(=CC[C@@H]4[C@@]5(C)CC[C@H](O[C@@H]6O[C@H](CO)[C@@H](O)[C@H](O)[C@H]6O)[C@@](C)(C(=O)O)[C@@H]5CC[C@]43C)[C@@H]2C1. The number of allylic oxidation sites excluding steroid dienone is 2. The fourth-order valence-electron chi connectivity index (χ4n) is 13.5. The summed E-state index contributed by atoms with van der Waals surface area (Å²) in [7, 11) is 0. The largest absolute Gasteiger partial charge is 0.481 e. The van der Waals surface area contributed by atoms with E-state index in [-0.39, 0.29) is 29.8 Å². The molecule has 10 N–H and O–H groups in total. The number of aliphatic hydroxyl groups excluding tert-OH is 9. The van der Waals surface area contributed by atoms with E-state index in [1.54, 1.807) is 6.92 Å². The van der Waals surface area contributed by atoms with Gasteiger partial charge in [0.15, 0.2) is 6.29 Å². The Hall–Kier alpha value is -1.80. The zero-order valence-corrected chi connectivity index (χ0v) is 34.3. The topological polar surface area (TPSA) is 273 Å². The first-order valence-corrected chi connectivity index (χ1v) is 21.1. The van der Waals surface area contributed by atoms with Crippen LogP contribution in [0.1, 0.15) is 98.8 Å². The van der Waals surface area contributed by atoms with Crippen LogP contribution >= 0.6 is 0 Å². The molecule has 2 saturated heterocycles. The molecule has 0 amide bonds. The van der Waals surface area contributed by atoms with Gasteiger partial charge in [-0.05, 0) is 111 Å². The average molecular weight is 827 g/mol. The number of rotatable bonds is 8. The van der Waals surface area contributed by atoms with Crippen molar-refractivity contribution in [3.05, 3.63) is 11.6 Å². The van der Waals surface area contributed by atoms with E-state index in [1.165, 1.54) is 0 Å². The molecule has 0 aromatic rings. The number of esters is 1. The number of aliphatic carboxylic acids is 1. The highest BCUT2D eigenvalue weighted by Crippen LogP contribution is 2.76. The van der Waals surface area contributed by atoms with Crippen molar-refractivity contribution in [3.8, 4) is 0 Å². The van der Waals surface area contributed by atoms with Crippen LogP contribution < -0.4 is 0 Å². The number of aliphatic hydroxyl groups is 9. The van der Waals surface area contributed by atoms with Gasteiger partial charge >= 0.3 is 11.9 Å². The molecule has 0 aromatic carbocycles. The smallest absolute Gasteiger partial charge is 0.315 e. The predicted octanol–water partition coefficient (Wildman–Crippen LogP) is 0.353. The van der Waals surface area contributed by atoms with Gasteiger partial charge in [-0.1, -0.05) is 39.3 Å². The minimum absolute atomic E-state index is 0.0285. The van der Waals surface area contributed by atoms with Gasteiger partial charge in [0, 0.05) is 6.61 Å². The lowest BCUT2D eigenvalue weighted by atomic mass is 9.33. The fraction of sp³-hybridized carbons (Fsp3) is 0.905. The first-order chi connectivity index (χ1) is 27.1. The normalized spacial score (nSPS) is 54.2. The Morgan fingerprint density at radius 1 is 0.724 bits per heavy atom. The second-order valence-electron chi connectivity index (χ2n) is 20.2. The van der Waals surface area contributed by atoms with Gasteiger partial charge in [-0.15, -0.1) is 0 Å². The lowest BCUT2D eigenvalue weighted by molar-refractivity contribution is -0.329. The van der Waals surface area contributed by atoms with Gasteiger partial charge in [-0.3, -0.25) is 9.59 Å². The van der Waals surface area contributed by atoms with E-state index in [0.717, 1.165) is 5.57 Å². The number of fused-ring (bicyclic) bond motifs is 7. The van der Waals surface area contributed by atoms with E-state index >= 15 is 0 Å². The number of carbonyl (C=O) groups excluding carboxylic acids is 1. The summed E-state index contributed by atoms with van der Waals surface area (Å²) in [6.45, 7) is 9.07. The third-order valence-electron chi connectivity index (χ3n) is 17.6. The summed E-state index contributed by atoms with van der Waals surface area (Å²) >= 11 is 0. The molecule has 6 fully saturated rings. The third-order valence-corrected chi connectivity index (χ3v) is 17.6. The Labute approximate surface area is 339 Å². The quantitative estimate of drug-likeness (QED) is 0.0899. The van der Waals surface area contributed by atoms with Crippen molar-refractivity contribution in [2.75, 3.05) is 19.8 Å². The molecule has 7 aliphatic rings. The zero-order valence-electron chi connectivity index (χ0n) is 34.3. The van der Waals surface area contributed by atoms with Crippen molar-refractivity contribution < 1.29 is 79.6 Å². The van der Waals surface area contributed by atoms with Crippen LogP contribution in [0.3, 0.4) is 0 Å². The molecule has 4 saturated carbocycles. The van der Waals surface area contributed by atoms with E-state index in [4.69, 9.17) is 18.9 Å². The van der Waals surface area contributed by atoms with Crippen LogP contribution in [0.4, 0.5) is 0 Å². The minimum Gasteiger partial charge on any atom is -0.481 e. The molecule has 0 radical (unpaired) electrons. The van der Waals surface area contributed by atoms with Crippen LogP contribution in [-0.2, 0) is 28.5 Å². The molecular weight excluding hydrogens is 760 g/mol. The Kier molecular flexibility index (Phi) is 11.6. The summed E-state index contributed by atoms with van der Waals surface area (Å²) in [6, 6.07) is 0. The molecule has 58 heavy (non-hydrogen) atoms. The van der Waals surface area contributed by atoms with Gasteiger partial charge in [0.05, 0.1) is 30.1 Å². The molecule has 7 rings (SSSR count). The summed E-state index contributed by atoms with van der Waals surface area (Å²) in [4.78, 5) is 28.1. The Morgan fingerprint density at radius 2 is 1.31 bits per heavy atom. The summed E-state index contributed by atoms with van der Waals surface area (Å²) in [5, 5.41) is 104. The molecule has 2 heterocycles. The molecule has 20 atom stereocenters. The molecule has 0 bridgehead atoms. The van der Waals surface area contributed by atoms with Gasteiger partial charge in [-0.2, -0.15) is 0 Å². The summed E-state index contributed by atoms with van der Waals surface area (Å²) < 4.78 is 23.4. The number of hydrogen-bond acceptors (Lipinski definition) is 15. The number of carbonyl (C=O) groups is 2. The molecule has 5 aliphatic carbocycles. The van der Waals surface area contributed by atoms with E-state index in [2.05, 4.69) is 26.8 Å². The van der Waals surface area contributed by atoms with Crippen LogP contribution in [0, 0.1) is 50.2 Å². The Bertz CT molecular complexity index is 1610. The molecule has 0 unspecified atom stereocenters. The lowest BCUT2D eigenvalue weighted by Crippen LogP contribution is -2.68. The first-order valence-electron chi connectivity index (χ1n) is 21.1. The van der Waals surface area contributed by atoms with Crippen molar-refractivity contribution in [3.63, 3.8) is 0 Å². The Balaban J connectivity index is 1.20. The van der Waals surface area contributed by atoms with Gasteiger partial charge in [0.25, 0.3) is 0 Å². The monoisotopic (exact) mass is 826 g/mol. The molecular formula is C42H66O16. The van der Waals surface area contributed by atoms with Crippen molar-refractivity contribution in [1.82, 2.24) is 0 Å². The predicted molar refractivity (Wildman–Crippen MR) is 201 cm³/mol. The number of carboxylic acids is 1. The average Bonchev–Trinajstić information content (AvgIpc) is 3.19. The van der Waals surface area contributed by atoms with Gasteiger partial charge in [0.1, 0.15) is 48.8 Å². The van der Waals surface area contributed by atoms with Crippen LogP contribution in [-0.4, -0.2) is 150 Å². The van der Waals surface area contributed by atoms with Gasteiger partial charge < -0.3 is 70.0 Å². The molecule has 0 spiro atoms. The van der Waals surface area contributed by atoms with Crippen LogP contribution in [0.5, 0.6) is 0 Å². The van der Waals surface area contributed by atoms with E-state index in [0.29, 0.717) is 64.2 Å². The molecule has 330 valence electrons. The summed E-state index contributed by atoms with van der Waals surface area (Å²) in [6.07, 6.45) is -8.87. The van der Waals surface area contributed by atoms with E-state index < -0.39 is 120 Å². The van der Waals surface area contributed by atoms with Crippen molar-refractivity contribution in [1.29, 1.82) is 0 Å². The number of ether oxygens (including phenoxy) is 4. The summed E-state index contributed by atoms with van der Waals surface area (Å²) in [5.74, 6) is -2.32. The highest BCUT2D eigenvalue weighted by atomic mass is 16.7.